The quantitative estimate of drug-likeness (QED) is 0.745. The summed E-state index contributed by atoms with van der Waals surface area (Å²) < 4.78 is 1.87. The van der Waals surface area contributed by atoms with Gasteiger partial charge in [0.25, 0.3) is 0 Å². The van der Waals surface area contributed by atoms with E-state index in [4.69, 9.17) is 0 Å². The van der Waals surface area contributed by atoms with Crippen molar-refractivity contribution in [2.45, 2.75) is 20.4 Å². The van der Waals surface area contributed by atoms with E-state index in [2.05, 4.69) is 24.4 Å². The first kappa shape index (κ1) is 18.0. The molecule has 0 amide bonds. The number of aromatic nitrogens is 1. The highest BCUT2D eigenvalue weighted by atomic mass is 32.1. The number of rotatable bonds is 5. The second kappa shape index (κ2) is 8.02. The van der Waals surface area contributed by atoms with Crippen LogP contribution in [0.1, 0.15) is 34.8 Å². The Morgan fingerprint density at radius 1 is 1.19 bits per heavy atom. The van der Waals surface area contributed by atoms with Gasteiger partial charge in [-0.05, 0) is 53.8 Å². The monoisotopic (exact) mass is 363 g/mol. The van der Waals surface area contributed by atoms with Crippen LogP contribution in [0.15, 0.2) is 60.0 Å². The van der Waals surface area contributed by atoms with Gasteiger partial charge in [0.2, 0.25) is 0 Å². The molecule has 2 heterocycles. The van der Waals surface area contributed by atoms with Gasteiger partial charge in [0.15, 0.2) is 0 Å². The molecule has 0 bridgehead atoms. The van der Waals surface area contributed by atoms with Crippen molar-refractivity contribution in [2.75, 3.05) is 0 Å². The number of thiophene rings is 1. The number of hydrogen-bond acceptors (Lipinski definition) is 2. The Morgan fingerprint density at radius 2 is 1.96 bits per heavy atom. The molecule has 3 rings (SSSR count). The zero-order valence-electron chi connectivity index (χ0n) is 14.8. The molecule has 0 aliphatic rings. The zero-order chi connectivity index (χ0) is 18.5. The summed E-state index contributed by atoms with van der Waals surface area (Å²) in [6.45, 7) is 4.52. The molecule has 1 N–H and O–H groups in total. The van der Waals surface area contributed by atoms with E-state index < -0.39 is 5.97 Å². The van der Waals surface area contributed by atoms with Crippen LogP contribution in [0.3, 0.4) is 0 Å². The molecule has 0 fully saturated rings. The Kier molecular flexibility index (Phi) is 5.54. The first-order valence-electron chi connectivity index (χ1n) is 8.45. The minimum Gasteiger partial charge on any atom is -0.477 e. The van der Waals surface area contributed by atoms with E-state index in [0.29, 0.717) is 12.2 Å². The molecule has 0 unspecified atom stereocenters. The lowest BCUT2D eigenvalue weighted by Gasteiger charge is -2.07. The molecule has 0 aliphatic carbocycles. The van der Waals surface area contributed by atoms with Gasteiger partial charge in [-0.25, -0.2) is 4.79 Å². The van der Waals surface area contributed by atoms with Crippen LogP contribution in [-0.4, -0.2) is 15.6 Å². The van der Waals surface area contributed by atoms with Gasteiger partial charge in [-0.3, -0.25) is 0 Å². The highest BCUT2D eigenvalue weighted by Gasteiger charge is 2.12. The van der Waals surface area contributed by atoms with Crippen LogP contribution in [0.5, 0.6) is 0 Å². The molecule has 3 aromatic rings. The average Bonchev–Trinajstić information content (AvgIpc) is 3.29. The summed E-state index contributed by atoms with van der Waals surface area (Å²) in [5, 5.41) is 13.5. The maximum atomic E-state index is 11.8. The SMILES string of the molecule is C/C=c1/cc(C(=O)O)n(Cc2ccccc2)/c1=C/C=C(\C)c1cccs1. The van der Waals surface area contributed by atoms with Crippen molar-refractivity contribution in [1.29, 1.82) is 0 Å². The molecule has 0 aliphatic heterocycles. The van der Waals surface area contributed by atoms with E-state index in [9.17, 15) is 9.90 Å². The second-order valence-electron chi connectivity index (χ2n) is 6.03. The maximum absolute atomic E-state index is 11.8. The highest BCUT2D eigenvalue weighted by Crippen LogP contribution is 2.19. The Morgan fingerprint density at radius 3 is 2.58 bits per heavy atom. The predicted molar refractivity (Wildman–Crippen MR) is 109 cm³/mol. The van der Waals surface area contributed by atoms with Gasteiger partial charge in [0.05, 0.1) is 0 Å². The molecule has 0 atom stereocenters. The summed E-state index contributed by atoms with van der Waals surface area (Å²) in [5.74, 6) is -0.914. The molecule has 0 saturated carbocycles. The third-order valence-corrected chi connectivity index (χ3v) is 5.29. The molecule has 26 heavy (non-hydrogen) atoms. The molecule has 132 valence electrons. The van der Waals surface area contributed by atoms with Crippen LogP contribution in [0, 0.1) is 0 Å². The van der Waals surface area contributed by atoms with Gasteiger partial charge in [-0.1, -0.05) is 48.6 Å². The number of aromatic carboxylic acids is 1. The van der Waals surface area contributed by atoms with Crippen molar-refractivity contribution in [3.63, 3.8) is 0 Å². The van der Waals surface area contributed by atoms with Crippen molar-refractivity contribution in [3.05, 3.63) is 86.7 Å². The van der Waals surface area contributed by atoms with Gasteiger partial charge in [-0.15, -0.1) is 11.3 Å². The molecule has 0 saturated heterocycles. The van der Waals surface area contributed by atoms with Crippen molar-refractivity contribution in [1.82, 2.24) is 4.57 Å². The predicted octanol–water partition coefficient (Wildman–Crippen LogP) is 3.98. The van der Waals surface area contributed by atoms with Crippen molar-refractivity contribution in [3.8, 4) is 0 Å². The molecule has 0 radical (unpaired) electrons. The van der Waals surface area contributed by atoms with Crippen LogP contribution in [0.4, 0.5) is 0 Å². The topological polar surface area (TPSA) is 42.2 Å². The van der Waals surface area contributed by atoms with E-state index in [1.165, 1.54) is 4.88 Å². The first-order chi connectivity index (χ1) is 12.6. The fraction of sp³-hybridized carbons (Fsp3) is 0.136. The minimum absolute atomic E-state index is 0.301. The molecular formula is C22H21NO2S. The highest BCUT2D eigenvalue weighted by molar-refractivity contribution is 7.11. The van der Waals surface area contributed by atoms with Gasteiger partial charge in [-0.2, -0.15) is 0 Å². The summed E-state index contributed by atoms with van der Waals surface area (Å²) in [6, 6.07) is 15.8. The fourth-order valence-electron chi connectivity index (χ4n) is 2.90. The van der Waals surface area contributed by atoms with Crippen molar-refractivity contribution in [2.24, 2.45) is 0 Å². The Balaban J connectivity index is 2.15. The third kappa shape index (κ3) is 3.86. The van der Waals surface area contributed by atoms with E-state index >= 15 is 0 Å². The van der Waals surface area contributed by atoms with Crippen LogP contribution in [-0.2, 0) is 6.54 Å². The van der Waals surface area contributed by atoms with Crippen molar-refractivity contribution < 1.29 is 9.90 Å². The number of carboxylic acid groups (broad SMARTS) is 1. The molecule has 4 heteroatoms. The normalized spacial score (nSPS) is 13.4. The third-order valence-electron chi connectivity index (χ3n) is 4.28. The Bertz CT molecular complexity index is 1040. The maximum Gasteiger partial charge on any atom is 0.352 e. The van der Waals surface area contributed by atoms with Gasteiger partial charge >= 0.3 is 5.97 Å². The summed E-state index contributed by atoms with van der Waals surface area (Å²) in [6.07, 6.45) is 6.02. The van der Waals surface area contributed by atoms with Gasteiger partial charge < -0.3 is 9.67 Å². The van der Waals surface area contributed by atoms with E-state index in [1.54, 1.807) is 17.4 Å². The number of hydrogen-bond donors (Lipinski definition) is 1. The summed E-state index contributed by atoms with van der Waals surface area (Å²) in [5.41, 5.74) is 2.53. The van der Waals surface area contributed by atoms with Crippen LogP contribution < -0.4 is 10.6 Å². The number of allylic oxidation sites excluding steroid dienone is 2. The standard InChI is InChI=1S/C22H21NO2S/c1-3-18-14-20(22(24)25)23(15-17-8-5-4-6-9-17)19(18)12-11-16(2)21-10-7-13-26-21/h3-14H,15H2,1-2H3,(H,24,25)/b16-11+,18-3-,19-12+. The molecular weight excluding hydrogens is 342 g/mol. The lowest BCUT2D eigenvalue weighted by Crippen LogP contribution is -2.30. The van der Waals surface area contributed by atoms with Crippen LogP contribution >= 0.6 is 11.3 Å². The molecule has 3 nitrogen and oxygen atoms in total. The fourth-order valence-corrected chi connectivity index (χ4v) is 3.62. The Labute approximate surface area is 156 Å². The molecule has 2 aromatic heterocycles. The second-order valence-corrected chi connectivity index (χ2v) is 6.98. The van der Waals surface area contributed by atoms with Crippen LogP contribution in [0.2, 0.25) is 0 Å². The first-order valence-corrected chi connectivity index (χ1v) is 9.33. The zero-order valence-corrected chi connectivity index (χ0v) is 15.7. The van der Waals surface area contributed by atoms with E-state index in [-0.39, 0.29) is 0 Å². The van der Waals surface area contributed by atoms with Gasteiger partial charge in [0, 0.05) is 16.8 Å². The molecule has 0 spiro atoms. The minimum atomic E-state index is -0.914. The molecule has 1 aromatic carbocycles. The van der Waals surface area contributed by atoms with Gasteiger partial charge in [0.1, 0.15) is 5.69 Å². The largest absolute Gasteiger partial charge is 0.477 e. The smallest absolute Gasteiger partial charge is 0.352 e. The van der Waals surface area contributed by atoms with Crippen molar-refractivity contribution >= 4 is 35.0 Å². The number of carbonyl (C=O) groups is 1. The lowest BCUT2D eigenvalue weighted by atomic mass is 10.2. The number of nitrogens with zero attached hydrogens (tertiary/aromatic N) is 1. The summed E-state index contributed by atoms with van der Waals surface area (Å²) >= 11 is 1.70. The summed E-state index contributed by atoms with van der Waals surface area (Å²) in [7, 11) is 0. The summed E-state index contributed by atoms with van der Waals surface area (Å²) in [4.78, 5) is 13.0. The number of benzene rings is 1. The lowest BCUT2D eigenvalue weighted by molar-refractivity contribution is 0.0685. The van der Waals surface area contributed by atoms with E-state index in [0.717, 1.165) is 21.7 Å². The number of carboxylic acids is 1. The Hall–Kier alpha value is -2.85. The van der Waals surface area contributed by atoms with Crippen LogP contribution in [0.25, 0.3) is 17.7 Å². The average molecular weight is 363 g/mol. The van der Waals surface area contributed by atoms with E-state index in [1.807, 2.05) is 60.0 Å².